The molecule has 1 aromatic rings. The summed E-state index contributed by atoms with van der Waals surface area (Å²) >= 11 is 6.60. The predicted octanol–water partition coefficient (Wildman–Crippen LogP) is 4.50. The molecule has 1 heterocycles. The monoisotopic (exact) mass is 444 g/mol. The van der Waals surface area contributed by atoms with Crippen molar-refractivity contribution in [2.75, 3.05) is 6.54 Å². The number of rotatable bonds is 5. The maximum Gasteiger partial charge on any atom is 0.266 e. The van der Waals surface area contributed by atoms with E-state index in [9.17, 15) is 14.0 Å². The minimum absolute atomic E-state index is 0.0102. The SMILES string of the molecule is O=C(CCN1C(=O)/C(=C\c2ccc(F)cc2)SC1=S)NC12CC3CC(CC(C3)C1)C2. The molecule has 6 rings (SSSR count). The number of benzene rings is 1. The first-order valence-electron chi connectivity index (χ1n) is 10.7. The Kier molecular flexibility index (Phi) is 5.22. The molecular formula is C23H25FN2O2S2. The molecule has 1 aromatic carbocycles. The van der Waals surface area contributed by atoms with Crippen LogP contribution in [0, 0.1) is 23.6 Å². The Morgan fingerprint density at radius 1 is 1.17 bits per heavy atom. The van der Waals surface area contributed by atoms with E-state index < -0.39 is 0 Å². The number of nitrogens with zero attached hydrogens (tertiary/aromatic N) is 1. The van der Waals surface area contributed by atoms with E-state index in [4.69, 9.17) is 12.2 Å². The fourth-order valence-corrected chi connectivity index (χ4v) is 7.55. The van der Waals surface area contributed by atoms with Crippen molar-refractivity contribution in [3.05, 3.63) is 40.6 Å². The van der Waals surface area contributed by atoms with Crippen molar-refractivity contribution in [2.45, 2.75) is 50.5 Å². The summed E-state index contributed by atoms with van der Waals surface area (Å²) in [6.45, 7) is 0.295. The highest BCUT2D eigenvalue weighted by Gasteiger charge is 2.51. The molecule has 1 saturated heterocycles. The van der Waals surface area contributed by atoms with Gasteiger partial charge in [0.2, 0.25) is 5.91 Å². The van der Waals surface area contributed by atoms with E-state index >= 15 is 0 Å². The van der Waals surface area contributed by atoms with Gasteiger partial charge in [-0.2, -0.15) is 0 Å². The number of amides is 2. The molecule has 4 saturated carbocycles. The van der Waals surface area contributed by atoms with E-state index in [1.165, 1.54) is 48.1 Å². The Bertz CT molecular complexity index is 892. The topological polar surface area (TPSA) is 49.4 Å². The van der Waals surface area contributed by atoms with Gasteiger partial charge in [0, 0.05) is 18.5 Å². The smallest absolute Gasteiger partial charge is 0.266 e. The van der Waals surface area contributed by atoms with Crippen molar-refractivity contribution in [3.63, 3.8) is 0 Å². The number of thioether (sulfide) groups is 1. The molecule has 158 valence electrons. The van der Waals surface area contributed by atoms with Gasteiger partial charge in [-0.1, -0.05) is 36.1 Å². The number of thiocarbonyl (C=S) groups is 1. The summed E-state index contributed by atoms with van der Waals surface area (Å²) < 4.78 is 13.6. The van der Waals surface area contributed by atoms with Gasteiger partial charge in [-0.05, 0) is 80.1 Å². The van der Waals surface area contributed by atoms with Gasteiger partial charge < -0.3 is 5.32 Å². The van der Waals surface area contributed by atoms with Crippen LogP contribution in [0.4, 0.5) is 4.39 Å². The molecule has 0 unspecified atom stereocenters. The fourth-order valence-electron chi connectivity index (χ4n) is 6.24. The Labute approximate surface area is 185 Å². The molecule has 7 heteroatoms. The Morgan fingerprint density at radius 2 is 1.77 bits per heavy atom. The van der Waals surface area contributed by atoms with Crippen LogP contribution in [0.5, 0.6) is 0 Å². The number of carbonyl (C=O) groups excluding carboxylic acids is 2. The molecule has 0 aromatic heterocycles. The molecule has 30 heavy (non-hydrogen) atoms. The lowest BCUT2D eigenvalue weighted by Crippen LogP contribution is -2.60. The number of carbonyl (C=O) groups is 2. The number of nitrogens with one attached hydrogen (secondary N) is 1. The second kappa shape index (κ2) is 7.75. The highest BCUT2D eigenvalue weighted by Crippen LogP contribution is 2.55. The van der Waals surface area contributed by atoms with Gasteiger partial charge in [0.1, 0.15) is 10.1 Å². The normalized spacial score (nSPS) is 33.6. The zero-order valence-corrected chi connectivity index (χ0v) is 18.4. The van der Waals surface area contributed by atoms with Crippen molar-refractivity contribution < 1.29 is 14.0 Å². The molecule has 0 spiro atoms. The highest BCUT2D eigenvalue weighted by atomic mass is 32.2. The second-order valence-corrected chi connectivity index (χ2v) is 11.1. The molecular weight excluding hydrogens is 419 g/mol. The largest absolute Gasteiger partial charge is 0.351 e. The van der Waals surface area contributed by atoms with Gasteiger partial charge in [-0.15, -0.1) is 0 Å². The third-order valence-corrected chi connectivity index (χ3v) is 8.42. The van der Waals surface area contributed by atoms with Crippen LogP contribution in [-0.4, -0.2) is 33.1 Å². The Balaban J connectivity index is 1.19. The summed E-state index contributed by atoms with van der Waals surface area (Å²) in [6, 6.07) is 5.98. The van der Waals surface area contributed by atoms with E-state index in [1.54, 1.807) is 18.2 Å². The maximum absolute atomic E-state index is 13.1. The Hall–Kier alpha value is -1.73. The van der Waals surface area contributed by atoms with Crippen LogP contribution in [0.1, 0.15) is 50.5 Å². The van der Waals surface area contributed by atoms with Crippen molar-refractivity contribution in [3.8, 4) is 0 Å². The first-order chi connectivity index (χ1) is 14.4. The second-order valence-electron chi connectivity index (χ2n) is 9.38. The van der Waals surface area contributed by atoms with Crippen LogP contribution >= 0.6 is 24.0 Å². The van der Waals surface area contributed by atoms with E-state index in [-0.39, 0.29) is 29.6 Å². The molecule has 5 aliphatic rings. The van der Waals surface area contributed by atoms with Crippen LogP contribution in [0.25, 0.3) is 6.08 Å². The summed E-state index contributed by atoms with van der Waals surface area (Å²) in [5, 5.41) is 3.36. The van der Waals surface area contributed by atoms with Crippen molar-refractivity contribution >= 4 is 46.2 Å². The van der Waals surface area contributed by atoms with Gasteiger partial charge in [0.25, 0.3) is 5.91 Å². The summed E-state index contributed by atoms with van der Waals surface area (Å²) in [6.07, 6.45) is 9.35. The number of hydrogen-bond donors (Lipinski definition) is 1. The number of halogens is 1. The summed E-state index contributed by atoms with van der Waals surface area (Å²) in [5.74, 6) is 1.86. The minimum Gasteiger partial charge on any atom is -0.351 e. The molecule has 4 bridgehead atoms. The quantitative estimate of drug-likeness (QED) is 0.537. The number of hydrogen-bond acceptors (Lipinski definition) is 4. The van der Waals surface area contributed by atoms with Crippen molar-refractivity contribution in [2.24, 2.45) is 17.8 Å². The molecule has 1 aliphatic heterocycles. The fraction of sp³-hybridized carbons (Fsp3) is 0.522. The summed E-state index contributed by atoms with van der Waals surface area (Å²) in [5.41, 5.74) is 0.737. The first-order valence-corrected chi connectivity index (χ1v) is 11.9. The average molecular weight is 445 g/mol. The third kappa shape index (κ3) is 3.94. The molecule has 1 N–H and O–H groups in total. The van der Waals surface area contributed by atoms with E-state index in [1.807, 2.05) is 0 Å². The van der Waals surface area contributed by atoms with Gasteiger partial charge in [-0.25, -0.2) is 4.39 Å². The molecule has 0 atom stereocenters. The van der Waals surface area contributed by atoms with Gasteiger partial charge >= 0.3 is 0 Å². The molecule has 0 radical (unpaired) electrons. The van der Waals surface area contributed by atoms with Crippen LogP contribution in [-0.2, 0) is 9.59 Å². The Morgan fingerprint density at radius 3 is 2.37 bits per heavy atom. The van der Waals surface area contributed by atoms with Crippen LogP contribution < -0.4 is 5.32 Å². The van der Waals surface area contributed by atoms with Crippen LogP contribution in [0.2, 0.25) is 0 Å². The minimum atomic E-state index is -0.315. The zero-order chi connectivity index (χ0) is 20.9. The van der Waals surface area contributed by atoms with Gasteiger partial charge in [0.05, 0.1) is 4.91 Å². The van der Waals surface area contributed by atoms with Gasteiger partial charge in [-0.3, -0.25) is 14.5 Å². The lowest BCUT2D eigenvalue weighted by atomic mass is 9.53. The average Bonchev–Trinajstić information content (AvgIpc) is 2.93. The molecule has 2 amide bonds. The summed E-state index contributed by atoms with van der Waals surface area (Å²) in [4.78, 5) is 27.5. The highest BCUT2D eigenvalue weighted by molar-refractivity contribution is 8.26. The maximum atomic E-state index is 13.1. The van der Waals surface area contributed by atoms with E-state index in [0.717, 1.165) is 42.6 Å². The predicted molar refractivity (Wildman–Crippen MR) is 120 cm³/mol. The lowest BCUT2D eigenvalue weighted by molar-refractivity contribution is -0.127. The molecule has 5 fully saturated rings. The van der Waals surface area contributed by atoms with Crippen LogP contribution in [0.3, 0.4) is 0 Å². The molecule has 4 nitrogen and oxygen atoms in total. The zero-order valence-electron chi connectivity index (χ0n) is 16.7. The van der Waals surface area contributed by atoms with E-state index in [0.29, 0.717) is 15.8 Å². The van der Waals surface area contributed by atoms with Crippen molar-refractivity contribution in [1.29, 1.82) is 0 Å². The summed E-state index contributed by atoms with van der Waals surface area (Å²) in [7, 11) is 0. The van der Waals surface area contributed by atoms with Crippen molar-refractivity contribution in [1.82, 2.24) is 10.2 Å². The van der Waals surface area contributed by atoms with Gasteiger partial charge in [0.15, 0.2) is 0 Å². The van der Waals surface area contributed by atoms with Crippen LogP contribution in [0.15, 0.2) is 29.2 Å². The molecule has 4 aliphatic carbocycles. The first kappa shape index (κ1) is 20.2. The third-order valence-electron chi connectivity index (χ3n) is 7.05. The van der Waals surface area contributed by atoms with E-state index in [2.05, 4.69) is 5.32 Å². The standard InChI is InChI=1S/C23H25FN2O2S2/c24-18-3-1-14(2-4-18)10-19-21(28)26(22(29)30-19)6-5-20(27)25-23-11-15-7-16(12-23)9-17(8-15)13-23/h1-4,10,15-17H,5-9,11-13H2,(H,25,27)/b19-10+. The lowest BCUT2D eigenvalue weighted by Gasteiger charge is -2.57.